The van der Waals surface area contributed by atoms with Crippen LogP contribution < -0.4 is 0 Å². The van der Waals surface area contributed by atoms with Gasteiger partial charge in [0.2, 0.25) is 0 Å². The Hall–Kier alpha value is -3.59. The second-order valence-electron chi connectivity index (χ2n) is 7.21. The predicted molar refractivity (Wildman–Crippen MR) is 116 cm³/mol. The number of nitrogens with zero attached hydrogens (tertiary/aromatic N) is 2. The van der Waals surface area contributed by atoms with E-state index in [1.54, 1.807) is 0 Å². The molecule has 0 atom stereocenters. The minimum Gasteiger partial charge on any atom is -0.350 e. The van der Waals surface area contributed by atoms with Crippen molar-refractivity contribution in [1.82, 2.24) is 14.5 Å². The zero-order chi connectivity index (χ0) is 19.1. The van der Waals surface area contributed by atoms with Gasteiger partial charge in [-0.2, -0.15) is 0 Å². The molecule has 0 aliphatic carbocycles. The van der Waals surface area contributed by atoms with E-state index >= 15 is 0 Å². The summed E-state index contributed by atoms with van der Waals surface area (Å²) in [5, 5.41) is 1.20. The fourth-order valence-electron chi connectivity index (χ4n) is 3.77. The van der Waals surface area contributed by atoms with Crippen LogP contribution in [0.4, 0.5) is 0 Å². The van der Waals surface area contributed by atoms with E-state index < -0.39 is 0 Å². The summed E-state index contributed by atoms with van der Waals surface area (Å²) < 4.78 is 2.15. The molecule has 0 fully saturated rings. The quantitative estimate of drug-likeness (QED) is 0.406. The fourth-order valence-corrected chi connectivity index (χ4v) is 3.77. The molecular weight excluding hydrogens is 342 g/mol. The van der Waals surface area contributed by atoms with Gasteiger partial charge in [-0.05, 0) is 13.0 Å². The van der Waals surface area contributed by atoms with Crippen LogP contribution in [0.2, 0.25) is 0 Å². The Kier molecular flexibility index (Phi) is 3.87. The first-order chi connectivity index (χ1) is 13.7. The van der Waals surface area contributed by atoms with Crippen LogP contribution in [0.25, 0.3) is 44.8 Å². The highest BCUT2D eigenvalue weighted by atomic mass is 15.0. The van der Waals surface area contributed by atoms with E-state index in [0.29, 0.717) is 0 Å². The lowest BCUT2D eigenvalue weighted by molar-refractivity contribution is 0.969. The highest BCUT2D eigenvalue weighted by Gasteiger charge is 2.17. The predicted octanol–water partition coefficient (Wildman–Crippen LogP) is 6.21. The monoisotopic (exact) mass is 363 g/mol. The Balaban J connectivity index is 1.75. The minimum atomic E-state index is 0.895. The third-order valence-electron chi connectivity index (χ3n) is 5.24. The topological polar surface area (TPSA) is 33.6 Å². The van der Waals surface area contributed by atoms with Crippen molar-refractivity contribution < 1.29 is 0 Å². The van der Waals surface area contributed by atoms with Crippen molar-refractivity contribution in [3.05, 3.63) is 90.6 Å². The molecule has 0 saturated heterocycles. The summed E-state index contributed by atoms with van der Waals surface area (Å²) in [7, 11) is 2.08. The Bertz CT molecular complexity index is 1260. The van der Waals surface area contributed by atoms with Gasteiger partial charge in [-0.25, -0.2) is 4.98 Å². The number of nitrogens with one attached hydrogen (secondary N) is 1. The lowest BCUT2D eigenvalue weighted by atomic mass is 10.0. The van der Waals surface area contributed by atoms with Crippen molar-refractivity contribution in [2.75, 3.05) is 0 Å². The average Bonchev–Trinajstić information content (AvgIpc) is 3.31. The van der Waals surface area contributed by atoms with E-state index in [1.165, 1.54) is 16.5 Å². The Morgan fingerprint density at radius 1 is 0.786 bits per heavy atom. The Labute approximate surface area is 164 Å². The highest BCUT2D eigenvalue weighted by Crippen LogP contribution is 2.35. The zero-order valence-corrected chi connectivity index (χ0v) is 16.0. The van der Waals surface area contributed by atoms with E-state index in [9.17, 15) is 0 Å². The summed E-state index contributed by atoms with van der Waals surface area (Å²) in [6, 6.07) is 27.4. The van der Waals surface area contributed by atoms with Crippen molar-refractivity contribution in [3.63, 3.8) is 0 Å². The zero-order valence-electron chi connectivity index (χ0n) is 16.0. The summed E-state index contributed by atoms with van der Waals surface area (Å²) in [5.41, 5.74) is 7.85. The van der Waals surface area contributed by atoms with Crippen molar-refractivity contribution in [3.8, 4) is 33.9 Å². The number of benzene rings is 3. The molecule has 0 aliphatic rings. The number of fused-ring (bicyclic) bond motifs is 1. The molecule has 0 aliphatic heterocycles. The van der Waals surface area contributed by atoms with Gasteiger partial charge in [0.1, 0.15) is 5.82 Å². The molecule has 0 saturated carbocycles. The standard InChI is InChI=1S/C25H21N3/c1-17-12-14-19(15-13-17)24-23(18-8-4-3-5-9-18)26-25(27-24)21-16-28(2)22-11-7-6-10-20(21)22/h3-16H,1-2H3,(H,26,27). The number of H-pyrrole nitrogens is 1. The van der Waals surface area contributed by atoms with Gasteiger partial charge in [0.05, 0.1) is 11.4 Å². The largest absolute Gasteiger partial charge is 0.350 e. The first-order valence-corrected chi connectivity index (χ1v) is 9.47. The van der Waals surface area contributed by atoms with Crippen molar-refractivity contribution in [2.24, 2.45) is 7.05 Å². The number of aryl methyl sites for hydroxylation is 2. The number of aromatic amines is 1. The fraction of sp³-hybridized carbons (Fsp3) is 0.0800. The van der Waals surface area contributed by atoms with Crippen LogP contribution >= 0.6 is 0 Å². The molecule has 0 radical (unpaired) electrons. The van der Waals surface area contributed by atoms with Gasteiger partial charge in [0.15, 0.2) is 0 Å². The van der Waals surface area contributed by atoms with Crippen LogP contribution in [-0.2, 0) is 7.05 Å². The first kappa shape index (κ1) is 16.6. The summed E-state index contributed by atoms with van der Waals surface area (Å²) >= 11 is 0. The Morgan fingerprint density at radius 2 is 1.50 bits per heavy atom. The summed E-state index contributed by atoms with van der Waals surface area (Å²) in [4.78, 5) is 8.66. The van der Waals surface area contributed by atoms with E-state index in [2.05, 4.69) is 103 Å². The molecule has 2 heterocycles. The van der Waals surface area contributed by atoms with Gasteiger partial charge in [0.25, 0.3) is 0 Å². The molecule has 0 bridgehead atoms. The maximum absolute atomic E-state index is 5.05. The third kappa shape index (κ3) is 2.72. The van der Waals surface area contributed by atoms with Crippen molar-refractivity contribution in [2.45, 2.75) is 6.92 Å². The van der Waals surface area contributed by atoms with E-state index in [4.69, 9.17) is 4.98 Å². The maximum Gasteiger partial charge on any atom is 0.140 e. The number of hydrogen-bond donors (Lipinski definition) is 1. The molecule has 1 N–H and O–H groups in total. The Morgan fingerprint density at radius 3 is 2.29 bits per heavy atom. The van der Waals surface area contributed by atoms with Gasteiger partial charge < -0.3 is 9.55 Å². The van der Waals surface area contributed by atoms with Crippen molar-refractivity contribution >= 4 is 10.9 Å². The second kappa shape index (κ2) is 6.54. The molecule has 5 rings (SSSR count). The maximum atomic E-state index is 5.05. The molecule has 136 valence electrons. The summed E-state index contributed by atoms with van der Waals surface area (Å²) in [6.45, 7) is 2.11. The van der Waals surface area contributed by atoms with Crippen LogP contribution in [-0.4, -0.2) is 14.5 Å². The van der Waals surface area contributed by atoms with Crippen LogP contribution in [0, 0.1) is 6.92 Å². The molecular formula is C25H21N3. The molecule has 0 unspecified atom stereocenters. The molecule has 3 heteroatoms. The molecule has 3 aromatic carbocycles. The normalized spacial score (nSPS) is 11.2. The van der Waals surface area contributed by atoms with E-state index in [0.717, 1.165) is 33.9 Å². The molecule has 28 heavy (non-hydrogen) atoms. The van der Waals surface area contributed by atoms with Crippen LogP contribution in [0.5, 0.6) is 0 Å². The minimum absolute atomic E-state index is 0.895. The van der Waals surface area contributed by atoms with E-state index in [-0.39, 0.29) is 0 Å². The summed E-state index contributed by atoms with van der Waals surface area (Å²) in [5.74, 6) is 0.895. The molecule has 3 nitrogen and oxygen atoms in total. The van der Waals surface area contributed by atoms with Crippen LogP contribution in [0.1, 0.15) is 5.56 Å². The smallest absolute Gasteiger partial charge is 0.140 e. The summed E-state index contributed by atoms with van der Waals surface area (Å²) in [6.07, 6.45) is 2.15. The highest BCUT2D eigenvalue weighted by molar-refractivity contribution is 5.95. The SMILES string of the molecule is Cc1ccc(-c2nc(-c3cn(C)c4ccccc34)[nH]c2-c2ccccc2)cc1. The van der Waals surface area contributed by atoms with Gasteiger partial charge in [0, 0.05) is 40.8 Å². The number of hydrogen-bond acceptors (Lipinski definition) is 1. The van der Waals surface area contributed by atoms with Crippen molar-refractivity contribution in [1.29, 1.82) is 0 Å². The molecule has 0 amide bonds. The lowest BCUT2D eigenvalue weighted by Gasteiger charge is -2.03. The number of imidazole rings is 1. The molecule has 5 aromatic rings. The van der Waals surface area contributed by atoms with E-state index in [1.807, 2.05) is 6.07 Å². The lowest BCUT2D eigenvalue weighted by Crippen LogP contribution is -1.84. The molecule has 2 aromatic heterocycles. The number of rotatable bonds is 3. The number of para-hydroxylation sites is 1. The number of aromatic nitrogens is 3. The van der Waals surface area contributed by atoms with Gasteiger partial charge >= 0.3 is 0 Å². The first-order valence-electron chi connectivity index (χ1n) is 9.47. The van der Waals surface area contributed by atoms with Gasteiger partial charge in [-0.1, -0.05) is 78.4 Å². The van der Waals surface area contributed by atoms with Crippen LogP contribution in [0.3, 0.4) is 0 Å². The molecule has 0 spiro atoms. The van der Waals surface area contributed by atoms with Crippen LogP contribution in [0.15, 0.2) is 85.1 Å². The second-order valence-corrected chi connectivity index (χ2v) is 7.21. The van der Waals surface area contributed by atoms with Gasteiger partial charge in [-0.15, -0.1) is 0 Å². The average molecular weight is 363 g/mol. The van der Waals surface area contributed by atoms with Gasteiger partial charge in [-0.3, -0.25) is 0 Å². The third-order valence-corrected chi connectivity index (χ3v) is 5.24.